The first kappa shape index (κ1) is 12.4. The molecule has 0 amide bonds. The van der Waals surface area contributed by atoms with E-state index in [1.54, 1.807) is 12.1 Å². The zero-order chi connectivity index (χ0) is 14.1. The fourth-order valence-electron chi connectivity index (χ4n) is 2.37. The van der Waals surface area contributed by atoms with Crippen molar-refractivity contribution in [2.75, 3.05) is 5.73 Å². The van der Waals surface area contributed by atoms with Crippen LogP contribution in [0.2, 0.25) is 0 Å². The zero-order valence-corrected chi connectivity index (χ0v) is 11.2. The van der Waals surface area contributed by atoms with Crippen molar-refractivity contribution >= 4 is 5.69 Å². The lowest BCUT2D eigenvalue weighted by atomic mass is 10.0. The molecule has 0 atom stereocenters. The summed E-state index contributed by atoms with van der Waals surface area (Å²) in [6.45, 7) is 2.02. The van der Waals surface area contributed by atoms with Crippen LogP contribution in [0.3, 0.4) is 0 Å². The fraction of sp³-hybridized carbons (Fsp3) is 0.0588. The van der Waals surface area contributed by atoms with Gasteiger partial charge in [-0.2, -0.15) is 0 Å². The number of para-hydroxylation sites is 1. The van der Waals surface area contributed by atoms with Crippen LogP contribution in [0.1, 0.15) is 5.56 Å². The molecule has 3 nitrogen and oxygen atoms in total. The number of benzene rings is 2. The molecule has 3 rings (SSSR count). The molecule has 0 aliphatic rings. The molecule has 100 valence electrons. The Morgan fingerprint density at radius 2 is 1.80 bits per heavy atom. The first-order valence-corrected chi connectivity index (χ1v) is 6.48. The third-order valence-electron chi connectivity index (χ3n) is 3.47. The van der Waals surface area contributed by atoms with E-state index >= 15 is 0 Å². The molecule has 4 N–H and O–H groups in total. The molecule has 0 unspecified atom stereocenters. The van der Waals surface area contributed by atoms with E-state index < -0.39 is 0 Å². The molecule has 2 aromatic carbocycles. The van der Waals surface area contributed by atoms with Gasteiger partial charge in [0.25, 0.3) is 0 Å². The standard InChI is InChI=1S/C17H16N2O/c1-11-6-7-13(20)9-15(11)17-8-12(10-19-17)14-4-2-3-5-16(14)18/h2-10,19-20H,18H2,1H3. The van der Waals surface area contributed by atoms with Gasteiger partial charge in [0.15, 0.2) is 0 Å². The van der Waals surface area contributed by atoms with Crippen molar-refractivity contribution in [1.82, 2.24) is 4.98 Å². The van der Waals surface area contributed by atoms with Gasteiger partial charge in [-0.15, -0.1) is 0 Å². The lowest BCUT2D eigenvalue weighted by molar-refractivity contribution is 0.475. The van der Waals surface area contributed by atoms with E-state index in [1.807, 2.05) is 49.5 Å². The average Bonchev–Trinajstić information content (AvgIpc) is 2.91. The topological polar surface area (TPSA) is 62.0 Å². The first-order valence-electron chi connectivity index (χ1n) is 6.48. The second-order valence-corrected chi connectivity index (χ2v) is 4.89. The summed E-state index contributed by atoms with van der Waals surface area (Å²) in [6, 6.07) is 15.2. The monoisotopic (exact) mass is 264 g/mol. The molecule has 0 bridgehead atoms. The number of phenols is 1. The maximum atomic E-state index is 9.63. The summed E-state index contributed by atoms with van der Waals surface area (Å²) in [7, 11) is 0. The van der Waals surface area contributed by atoms with E-state index in [9.17, 15) is 5.11 Å². The van der Waals surface area contributed by atoms with Crippen LogP contribution in [-0.2, 0) is 0 Å². The van der Waals surface area contributed by atoms with E-state index in [4.69, 9.17) is 5.73 Å². The smallest absolute Gasteiger partial charge is 0.116 e. The maximum absolute atomic E-state index is 9.63. The van der Waals surface area contributed by atoms with Gasteiger partial charge in [0, 0.05) is 34.3 Å². The van der Waals surface area contributed by atoms with Crippen molar-refractivity contribution in [3.63, 3.8) is 0 Å². The fourth-order valence-corrected chi connectivity index (χ4v) is 2.37. The third-order valence-corrected chi connectivity index (χ3v) is 3.47. The lowest BCUT2D eigenvalue weighted by Crippen LogP contribution is -1.87. The molecule has 20 heavy (non-hydrogen) atoms. The highest BCUT2D eigenvalue weighted by Crippen LogP contribution is 2.32. The van der Waals surface area contributed by atoms with Crippen LogP contribution < -0.4 is 5.73 Å². The highest BCUT2D eigenvalue weighted by molar-refractivity contribution is 5.80. The second-order valence-electron chi connectivity index (χ2n) is 4.89. The molecule has 1 aromatic heterocycles. The number of H-pyrrole nitrogens is 1. The summed E-state index contributed by atoms with van der Waals surface area (Å²) in [5.41, 5.74) is 11.9. The van der Waals surface area contributed by atoms with Gasteiger partial charge < -0.3 is 15.8 Å². The minimum atomic E-state index is 0.265. The number of phenolic OH excluding ortho intramolecular Hbond substituents is 1. The van der Waals surface area contributed by atoms with E-state index in [0.717, 1.165) is 33.6 Å². The summed E-state index contributed by atoms with van der Waals surface area (Å²) in [5, 5.41) is 9.63. The second kappa shape index (κ2) is 4.78. The number of nitrogens with one attached hydrogen (secondary N) is 1. The Balaban J connectivity index is 2.07. The molecule has 3 heteroatoms. The molecule has 0 fully saturated rings. The maximum Gasteiger partial charge on any atom is 0.116 e. The third kappa shape index (κ3) is 2.14. The molecule has 0 aliphatic heterocycles. The van der Waals surface area contributed by atoms with E-state index in [2.05, 4.69) is 4.98 Å². The molecule has 0 saturated carbocycles. The van der Waals surface area contributed by atoms with Crippen molar-refractivity contribution in [3.8, 4) is 28.1 Å². The quantitative estimate of drug-likeness (QED) is 0.614. The van der Waals surface area contributed by atoms with Gasteiger partial charge in [-0.1, -0.05) is 24.3 Å². The number of hydrogen-bond acceptors (Lipinski definition) is 2. The first-order chi connectivity index (χ1) is 9.65. The van der Waals surface area contributed by atoms with Gasteiger partial charge in [0.2, 0.25) is 0 Å². The Hall–Kier alpha value is -2.68. The molecular formula is C17H16N2O. The Morgan fingerprint density at radius 1 is 1.00 bits per heavy atom. The highest BCUT2D eigenvalue weighted by atomic mass is 16.3. The zero-order valence-electron chi connectivity index (χ0n) is 11.2. The average molecular weight is 264 g/mol. The van der Waals surface area contributed by atoms with Gasteiger partial charge >= 0.3 is 0 Å². The minimum absolute atomic E-state index is 0.265. The summed E-state index contributed by atoms with van der Waals surface area (Å²) in [5.74, 6) is 0.265. The summed E-state index contributed by atoms with van der Waals surface area (Å²) in [4.78, 5) is 3.25. The Bertz CT molecular complexity index is 759. The number of nitrogen functional groups attached to an aromatic ring is 1. The van der Waals surface area contributed by atoms with Crippen LogP contribution in [0, 0.1) is 6.92 Å². The van der Waals surface area contributed by atoms with E-state index in [-0.39, 0.29) is 5.75 Å². The number of aryl methyl sites for hydroxylation is 1. The molecule has 0 spiro atoms. The van der Waals surface area contributed by atoms with Crippen LogP contribution in [0.15, 0.2) is 54.7 Å². The summed E-state index contributed by atoms with van der Waals surface area (Å²) in [6.07, 6.45) is 1.94. The summed E-state index contributed by atoms with van der Waals surface area (Å²) < 4.78 is 0. The number of aromatic amines is 1. The molecule has 1 heterocycles. The van der Waals surface area contributed by atoms with Crippen molar-refractivity contribution in [3.05, 3.63) is 60.3 Å². The van der Waals surface area contributed by atoms with Crippen LogP contribution in [0.5, 0.6) is 5.75 Å². The number of hydrogen-bond donors (Lipinski definition) is 3. The molecule has 0 aliphatic carbocycles. The number of aromatic hydroxyl groups is 1. The molecular weight excluding hydrogens is 248 g/mol. The van der Waals surface area contributed by atoms with E-state index in [0.29, 0.717) is 0 Å². The molecule has 0 saturated heterocycles. The lowest BCUT2D eigenvalue weighted by Gasteiger charge is -2.04. The van der Waals surface area contributed by atoms with Crippen LogP contribution >= 0.6 is 0 Å². The minimum Gasteiger partial charge on any atom is -0.508 e. The van der Waals surface area contributed by atoms with Gasteiger partial charge in [0.05, 0.1) is 0 Å². The van der Waals surface area contributed by atoms with Gasteiger partial charge in [-0.25, -0.2) is 0 Å². The van der Waals surface area contributed by atoms with Crippen LogP contribution in [0.25, 0.3) is 22.4 Å². The number of aromatic nitrogens is 1. The number of rotatable bonds is 2. The molecule has 3 aromatic rings. The van der Waals surface area contributed by atoms with Crippen molar-refractivity contribution in [2.45, 2.75) is 6.92 Å². The van der Waals surface area contributed by atoms with Gasteiger partial charge in [0.1, 0.15) is 5.75 Å². The predicted molar refractivity (Wildman–Crippen MR) is 82.5 cm³/mol. The predicted octanol–water partition coefficient (Wildman–Crippen LogP) is 3.94. The Labute approximate surface area is 117 Å². The van der Waals surface area contributed by atoms with Crippen molar-refractivity contribution in [1.29, 1.82) is 0 Å². The van der Waals surface area contributed by atoms with Crippen molar-refractivity contribution in [2.24, 2.45) is 0 Å². The van der Waals surface area contributed by atoms with Gasteiger partial charge in [-0.05, 0) is 36.8 Å². The number of anilines is 1. The largest absolute Gasteiger partial charge is 0.508 e. The normalized spacial score (nSPS) is 10.7. The van der Waals surface area contributed by atoms with Crippen LogP contribution in [-0.4, -0.2) is 10.1 Å². The Kier molecular flexibility index (Phi) is 2.95. The molecule has 0 radical (unpaired) electrons. The van der Waals surface area contributed by atoms with E-state index in [1.165, 1.54) is 0 Å². The van der Waals surface area contributed by atoms with Crippen LogP contribution in [0.4, 0.5) is 5.69 Å². The summed E-state index contributed by atoms with van der Waals surface area (Å²) >= 11 is 0. The Morgan fingerprint density at radius 3 is 2.60 bits per heavy atom. The van der Waals surface area contributed by atoms with Gasteiger partial charge in [-0.3, -0.25) is 0 Å². The van der Waals surface area contributed by atoms with Crippen molar-refractivity contribution < 1.29 is 5.11 Å². The highest BCUT2D eigenvalue weighted by Gasteiger charge is 2.08. The number of nitrogens with two attached hydrogens (primary N) is 1. The SMILES string of the molecule is Cc1ccc(O)cc1-c1cc(-c2ccccc2N)c[nH]1.